The highest BCUT2D eigenvalue weighted by Crippen LogP contribution is 2.28. The van der Waals surface area contributed by atoms with Gasteiger partial charge in [0.2, 0.25) is 0 Å². The summed E-state index contributed by atoms with van der Waals surface area (Å²) >= 11 is 6.13. The van der Waals surface area contributed by atoms with Gasteiger partial charge in [-0.05, 0) is 66.1 Å². The Bertz CT molecular complexity index is 1080. The fourth-order valence-corrected chi connectivity index (χ4v) is 2.92. The predicted molar refractivity (Wildman–Crippen MR) is 123 cm³/mol. The molecule has 0 saturated carbocycles. The maximum Gasteiger partial charge on any atom is 0.337 e. The van der Waals surface area contributed by atoms with Gasteiger partial charge in [-0.2, -0.15) is 5.10 Å². The van der Waals surface area contributed by atoms with E-state index in [9.17, 15) is 4.79 Å². The maximum atomic E-state index is 11.5. The zero-order chi connectivity index (χ0) is 22.2. The lowest BCUT2D eigenvalue weighted by atomic mass is 10.1. The van der Waals surface area contributed by atoms with Crippen LogP contribution in [0, 0.1) is 6.92 Å². The number of anilines is 1. The van der Waals surface area contributed by atoms with Crippen LogP contribution in [0.3, 0.4) is 0 Å². The molecule has 3 aromatic carbocycles. The number of hydrogen-bond acceptors (Lipinski definition) is 6. The average molecular weight is 439 g/mol. The van der Waals surface area contributed by atoms with Crippen LogP contribution in [0.1, 0.15) is 27.0 Å². The summed E-state index contributed by atoms with van der Waals surface area (Å²) in [6.45, 7) is 2.28. The largest absolute Gasteiger partial charge is 0.493 e. The fraction of sp³-hybridized carbons (Fsp3) is 0.167. The van der Waals surface area contributed by atoms with E-state index < -0.39 is 0 Å². The normalized spacial score (nSPS) is 10.7. The van der Waals surface area contributed by atoms with Crippen molar-refractivity contribution >= 4 is 29.5 Å². The summed E-state index contributed by atoms with van der Waals surface area (Å²) in [5, 5.41) is 4.93. The molecule has 0 spiro atoms. The van der Waals surface area contributed by atoms with Crippen molar-refractivity contribution in [2.45, 2.75) is 13.5 Å². The van der Waals surface area contributed by atoms with Crippen molar-refractivity contribution in [2.75, 3.05) is 19.6 Å². The molecule has 0 amide bonds. The van der Waals surface area contributed by atoms with Crippen LogP contribution < -0.4 is 14.9 Å². The van der Waals surface area contributed by atoms with Crippen LogP contribution in [-0.2, 0) is 11.3 Å². The van der Waals surface area contributed by atoms with E-state index in [1.54, 1.807) is 25.5 Å². The van der Waals surface area contributed by atoms with Gasteiger partial charge in [0.25, 0.3) is 0 Å². The molecule has 31 heavy (non-hydrogen) atoms. The highest BCUT2D eigenvalue weighted by atomic mass is 35.5. The summed E-state index contributed by atoms with van der Waals surface area (Å²) in [6, 6.07) is 18.3. The van der Waals surface area contributed by atoms with E-state index in [-0.39, 0.29) is 5.97 Å². The standard InChI is InChI=1S/C24H23ClN2O4/c1-16-4-10-20(13-21(16)25)27-26-14-18-7-11-22(23(12-18)29-2)31-15-17-5-8-19(9-6-17)24(28)30-3/h4-14,27H,15H2,1-3H3. The molecule has 0 aliphatic heterocycles. The third kappa shape index (κ3) is 5.99. The van der Waals surface area contributed by atoms with Crippen molar-refractivity contribution in [1.29, 1.82) is 0 Å². The summed E-state index contributed by atoms with van der Waals surface area (Å²) in [6.07, 6.45) is 1.69. The Morgan fingerprint density at radius 2 is 1.81 bits per heavy atom. The van der Waals surface area contributed by atoms with Gasteiger partial charge < -0.3 is 14.2 Å². The number of benzene rings is 3. The van der Waals surface area contributed by atoms with Crippen molar-refractivity contribution in [3.8, 4) is 11.5 Å². The molecular weight excluding hydrogens is 416 g/mol. The molecule has 3 rings (SSSR count). The van der Waals surface area contributed by atoms with Crippen molar-refractivity contribution < 1.29 is 19.0 Å². The quantitative estimate of drug-likeness (QED) is 0.287. The number of ether oxygens (including phenoxy) is 3. The topological polar surface area (TPSA) is 69.2 Å². The van der Waals surface area contributed by atoms with Crippen molar-refractivity contribution in [3.05, 3.63) is 87.9 Å². The first-order valence-corrected chi connectivity index (χ1v) is 9.91. The Morgan fingerprint density at radius 1 is 1.03 bits per heavy atom. The molecule has 0 aromatic heterocycles. The number of hydrazone groups is 1. The van der Waals surface area contributed by atoms with Crippen LogP contribution >= 0.6 is 11.6 Å². The first kappa shape index (κ1) is 22.2. The smallest absolute Gasteiger partial charge is 0.337 e. The Kier molecular flexibility index (Phi) is 7.51. The molecule has 0 fully saturated rings. The second-order valence-electron chi connectivity index (χ2n) is 6.72. The second-order valence-corrected chi connectivity index (χ2v) is 7.13. The number of carbonyl (C=O) groups is 1. The van der Waals surface area contributed by atoms with Gasteiger partial charge in [-0.1, -0.05) is 29.8 Å². The lowest BCUT2D eigenvalue weighted by molar-refractivity contribution is 0.0600. The third-order valence-corrected chi connectivity index (χ3v) is 4.94. The lowest BCUT2D eigenvalue weighted by Crippen LogP contribution is -2.02. The molecule has 0 atom stereocenters. The van der Waals surface area contributed by atoms with E-state index in [0.717, 1.165) is 22.4 Å². The van der Waals surface area contributed by atoms with Gasteiger partial charge >= 0.3 is 5.97 Å². The van der Waals surface area contributed by atoms with Crippen molar-refractivity contribution in [3.63, 3.8) is 0 Å². The van der Waals surface area contributed by atoms with Gasteiger partial charge in [-0.15, -0.1) is 0 Å². The molecule has 3 aromatic rings. The Balaban J connectivity index is 1.62. The summed E-state index contributed by atoms with van der Waals surface area (Å²) in [5.41, 5.74) is 7.03. The van der Waals surface area contributed by atoms with E-state index in [1.807, 2.05) is 55.5 Å². The summed E-state index contributed by atoms with van der Waals surface area (Å²) < 4.78 is 16.0. The maximum absolute atomic E-state index is 11.5. The number of nitrogens with zero attached hydrogens (tertiary/aromatic N) is 1. The molecule has 160 valence electrons. The summed E-state index contributed by atoms with van der Waals surface area (Å²) in [4.78, 5) is 11.5. The monoisotopic (exact) mass is 438 g/mol. The zero-order valence-corrected chi connectivity index (χ0v) is 18.3. The van der Waals surface area contributed by atoms with Gasteiger partial charge in [0.05, 0.1) is 31.7 Å². The molecule has 0 bridgehead atoms. The van der Waals surface area contributed by atoms with Crippen molar-refractivity contribution in [1.82, 2.24) is 0 Å². The minimum absolute atomic E-state index is 0.334. The lowest BCUT2D eigenvalue weighted by Gasteiger charge is -2.11. The molecule has 0 heterocycles. The van der Waals surface area contributed by atoms with E-state index in [2.05, 4.69) is 10.5 Å². The molecular formula is C24H23ClN2O4. The first-order valence-electron chi connectivity index (χ1n) is 9.53. The predicted octanol–water partition coefficient (Wildman–Crippen LogP) is 5.47. The van der Waals surface area contributed by atoms with Gasteiger partial charge in [0, 0.05) is 5.02 Å². The van der Waals surface area contributed by atoms with Gasteiger partial charge in [-0.3, -0.25) is 5.43 Å². The van der Waals surface area contributed by atoms with Crippen molar-refractivity contribution in [2.24, 2.45) is 5.10 Å². The van der Waals surface area contributed by atoms with Gasteiger partial charge in [0.15, 0.2) is 11.5 Å². The number of halogens is 1. The number of aryl methyl sites for hydroxylation is 1. The zero-order valence-electron chi connectivity index (χ0n) is 17.5. The minimum atomic E-state index is -0.369. The van der Waals surface area contributed by atoms with E-state index in [0.29, 0.717) is 28.7 Å². The second kappa shape index (κ2) is 10.5. The molecule has 0 saturated heterocycles. The summed E-state index contributed by atoms with van der Waals surface area (Å²) in [5.74, 6) is 0.829. The highest BCUT2D eigenvalue weighted by molar-refractivity contribution is 6.31. The van der Waals surface area contributed by atoms with E-state index >= 15 is 0 Å². The number of esters is 1. The Hall–Kier alpha value is -3.51. The Morgan fingerprint density at radius 3 is 2.48 bits per heavy atom. The fourth-order valence-electron chi connectivity index (χ4n) is 2.74. The number of hydrogen-bond donors (Lipinski definition) is 1. The minimum Gasteiger partial charge on any atom is -0.493 e. The average Bonchev–Trinajstić information content (AvgIpc) is 2.80. The van der Waals surface area contributed by atoms with Crippen LogP contribution in [0.25, 0.3) is 0 Å². The molecule has 0 aliphatic rings. The van der Waals surface area contributed by atoms with Gasteiger partial charge in [-0.25, -0.2) is 4.79 Å². The number of nitrogens with one attached hydrogen (secondary N) is 1. The van der Waals surface area contributed by atoms with Crippen LogP contribution in [0.15, 0.2) is 65.8 Å². The molecule has 1 N–H and O–H groups in total. The van der Waals surface area contributed by atoms with E-state index in [4.69, 9.17) is 25.8 Å². The van der Waals surface area contributed by atoms with Crippen LogP contribution in [0.2, 0.25) is 5.02 Å². The SMILES string of the molecule is COC(=O)c1ccc(COc2ccc(C=NNc3ccc(C)c(Cl)c3)cc2OC)cc1. The van der Waals surface area contributed by atoms with E-state index in [1.165, 1.54) is 7.11 Å². The van der Waals surface area contributed by atoms with Gasteiger partial charge in [0.1, 0.15) is 6.61 Å². The summed E-state index contributed by atoms with van der Waals surface area (Å²) in [7, 11) is 2.94. The number of carbonyl (C=O) groups excluding carboxylic acids is 1. The first-order chi connectivity index (χ1) is 15.0. The number of methoxy groups -OCH3 is 2. The molecule has 0 unspecified atom stereocenters. The number of rotatable bonds is 8. The third-order valence-electron chi connectivity index (χ3n) is 4.54. The molecule has 0 aliphatic carbocycles. The molecule has 6 nitrogen and oxygen atoms in total. The van der Waals surface area contributed by atoms with Crippen LogP contribution in [0.4, 0.5) is 5.69 Å². The molecule has 7 heteroatoms. The Labute approximate surface area is 186 Å². The van der Waals surface area contributed by atoms with Crippen LogP contribution in [-0.4, -0.2) is 26.4 Å². The molecule has 0 radical (unpaired) electrons. The van der Waals surface area contributed by atoms with Crippen LogP contribution in [0.5, 0.6) is 11.5 Å². The highest BCUT2D eigenvalue weighted by Gasteiger charge is 2.08.